The molecule has 12 nitrogen and oxygen atoms in total. The number of hydrogen-bond acceptors (Lipinski definition) is 11. The molecular formula is C37H78N4O8S2. The van der Waals surface area contributed by atoms with E-state index in [1.165, 1.54) is 22.4 Å². The molecule has 0 heterocycles. The van der Waals surface area contributed by atoms with Crippen LogP contribution in [-0.2, 0) is 16.5 Å². The van der Waals surface area contributed by atoms with E-state index in [1.807, 2.05) is 97.1 Å². The lowest BCUT2D eigenvalue weighted by molar-refractivity contribution is 0.295. The smallest absolute Gasteiger partial charge is 0.261 e. The van der Waals surface area contributed by atoms with Gasteiger partial charge in [-0.3, -0.25) is 4.55 Å². The predicted octanol–water partition coefficient (Wildman–Crippen LogP) is 12.2. The molecule has 0 radical (unpaired) electrons. The Kier molecular flexibility index (Phi) is 73.4. The summed E-state index contributed by atoms with van der Waals surface area (Å²) in [5, 5.41) is 18.0. The molecule has 2 aromatic rings. The third-order valence-electron chi connectivity index (χ3n) is 4.53. The highest BCUT2D eigenvalue weighted by molar-refractivity contribution is 8.30. The third-order valence-corrected chi connectivity index (χ3v) is 6.12. The Bertz CT molecular complexity index is 1120. The van der Waals surface area contributed by atoms with E-state index in [0.29, 0.717) is 24.8 Å². The van der Waals surface area contributed by atoms with Gasteiger partial charge in [-0.25, -0.2) is 0 Å². The summed E-state index contributed by atoms with van der Waals surface area (Å²) < 4.78 is 33.5. The molecule has 2 rings (SSSR count). The average molecular weight is 771 g/mol. The minimum absolute atomic E-state index is 0.192. The fraction of sp³-hybridized carbons (Fsp3) is 0.622. The molecule has 4 N–H and O–H groups in total. The number of nitrogens with zero attached hydrogens (tertiary/aromatic N) is 3. The van der Waals surface area contributed by atoms with Crippen molar-refractivity contribution >= 4 is 26.4 Å². The lowest BCUT2D eigenvalue weighted by Crippen LogP contribution is -1.96. The summed E-state index contributed by atoms with van der Waals surface area (Å²) in [5.41, 5.74) is 6.66. The molecule has 14 heteroatoms. The molecular weight excluding hydrogens is 693 g/mol. The molecule has 0 saturated carbocycles. The van der Waals surface area contributed by atoms with Crippen LogP contribution in [0.3, 0.4) is 0 Å². The quantitative estimate of drug-likeness (QED) is 0.115. The SMILES string of the molecule is C=CCc1ccc(C)cc1S(N=O)(N=O)N=O.CC.CC.CC.CC.CC.CC.CCCO.CNc1cc(C)c(C)cc1C.CO.CS(=O)(=O)O. The van der Waals surface area contributed by atoms with Crippen molar-refractivity contribution in [3.05, 3.63) is 85.5 Å². The van der Waals surface area contributed by atoms with E-state index in [4.69, 9.17) is 14.8 Å². The molecule has 0 fully saturated rings. The van der Waals surface area contributed by atoms with Crippen molar-refractivity contribution in [2.45, 2.75) is 135 Å². The van der Waals surface area contributed by atoms with E-state index >= 15 is 0 Å². The second-order valence-corrected chi connectivity index (χ2v) is 11.2. The van der Waals surface area contributed by atoms with Crippen LogP contribution in [-0.4, -0.2) is 50.2 Å². The van der Waals surface area contributed by atoms with Gasteiger partial charge in [0.25, 0.3) is 10.1 Å². The number of anilines is 1. The topological polar surface area (TPSA) is 195 Å². The summed E-state index contributed by atoms with van der Waals surface area (Å²) in [4.78, 5) is 32.4. The Labute approximate surface area is 315 Å². The molecule has 0 aromatic heterocycles. The summed E-state index contributed by atoms with van der Waals surface area (Å²) in [6.45, 7) is 38.0. The average Bonchev–Trinajstić information content (AvgIpc) is 3.17. The van der Waals surface area contributed by atoms with Crippen LogP contribution >= 0.6 is 10.6 Å². The fourth-order valence-electron chi connectivity index (χ4n) is 2.63. The van der Waals surface area contributed by atoms with Gasteiger partial charge in [0.15, 0.2) is 10.6 Å². The van der Waals surface area contributed by atoms with E-state index in [1.54, 1.807) is 31.2 Å². The van der Waals surface area contributed by atoms with Gasteiger partial charge in [-0.1, -0.05) is 114 Å². The molecule has 0 aliphatic carbocycles. The van der Waals surface area contributed by atoms with Crippen LogP contribution in [0.15, 0.2) is 61.6 Å². The summed E-state index contributed by atoms with van der Waals surface area (Å²) in [5.74, 6) is 0. The summed E-state index contributed by atoms with van der Waals surface area (Å²) in [6, 6.07) is 9.44. The summed E-state index contributed by atoms with van der Waals surface area (Å²) in [6.07, 6.45) is 3.59. The number of rotatable bonds is 8. The number of benzene rings is 2. The number of aliphatic hydroxyl groups excluding tert-OH is 2. The molecule has 0 aliphatic heterocycles. The standard InChI is InChI=1S/C10H11N3O3S.C10H15N.C3H8O.6C2H6.CH4O3S.CH4O/c1-3-4-9-6-5-8(2)7-10(9)17(11-14,12-15)13-16;1-7-5-9(3)10(11-4)6-8(7)2;1-2-3-4;6*1-2;1-5(2,3)4;1-2/h3,5-7H,1,4H2,2H3;5-6,11H,1-4H3;4H,2-3H2,1H3;6*1-2H3;1H3,(H,2,3,4);2H,1H3. The second kappa shape index (κ2) is 53.7. The monoisotopic (exact) mass is 771 g/mol. The van der Waals surface area contributed by atoms with E-state index in [-0.39, 0.29) is 4.90 Å². The van der Waals surface area contributed by atoms with Gasteiger partial charge in [0.05, 0.1) is 11.2 Å². The third kappa shape index (κ3) is 43.0. The van der Waals surface area contributed by atoms with Crippen molar-refractivity contribution in [3.8, 4) is 0 Å². The molecule has 0 unspecified atom stereocenters. The highest BCUT2D eigenvalue weighted by Crippen LogP contribution is 2.60. The number of nitroso groups, excluding NO2 is 3. The number of allylic oxidation sites excluding steroid dienone is 1. The van der Waals surface area contributed by atoms with Crippen LogP contribution in [0.5, 0.6) is 0 Å². The molecule has 306 valence electrons. The van der Waals surface area contributed by atoms with E-state index < -0.39 is 20.7 Å². The van der Waals surface area contributed by atoms with Crippen LogP contribution in [0.1, 0.15) is 124 Å². The van der Waals surface area contributed by atoms with E-state index in [9.17, 15) is 23.1 Å². The Morgan fingerprint density at radius 2 is 1.06 bits per heavy atom. The largest absolute Gasteiger partial charge is 0.400 e. The maximum atomic E-state index is 10.7. The lowest BCUT2D eigenvalue weighted by atomic mass is 10.1. The number of hydrogen-bond donors (Lipinski definition) is 4. The predicted molar refractivity (Wildman–Crippen MR) is 230 cm³/mol. The Morgan fingerprint density at radius 3 is 1.33 bits per heavy atom. The van der Waals surface area contributed by atoms with Crippen LogP contribution in [0, 0.1) is 42.4 Å². The molecule has 0 bridgehead atoms. The van der Waals surface area contributed by atoms with Gasteiger partial charge in [0, 0.05) is 40.2 Å². The molecule has 0 spiro atoms. The van der Waals surface area contributed by atoms with Crippen molar-refractivity contribution in [1.82, 2.24) is 0 Å². The minimum atomic E-state index is -3.67. The van der Waals surface area contributed by atoms with Gasteiger partial charge in [-0.15, -0.1) is 21.3 Å². The van der Waals surface area contributed by atoms with Crippen molar-refractivity contribution < 1.29 is 23.2 Å². The van der Waals surface area contributed by atoms with Crippen molar-refractivity contribution in [1.29, 1.82) is 0 Å². The van der Waals surface area contributed by atoms with Crippen LogP contribution in [0.2, 0.25) is 0 Å². The highest BCUT2D eigenvalue weighted by atomic mass is 32.3. The highest BCUT2D eigenvalue weighted by Gasteiger charge is 2.33. The Hall–Kier alpha value is -3.04. The van der Waals surface area contributed by atoms with Crippen LogP contribution < -0.4 is 5.32 Å². The maximum Gasteiger partial charge on any atom is 0.261 e. The Balaban J connectivity index is -0.0000000641. The number of nitrogens with one attached hydrogen (secondary N) is 1. The van der Waals surface area contributed by atoms with Crippen molar-refractivity contribution in [2.24, 2.45) is 13.7 Å². The van der Waals surface area contributed by atoms with Crippen LogP contribution in [0.25, 0.3) is 0 Å². The zero-order chi connectivity index (χ0) is 43.2. The second-order valence-electron chi connectivity index (χ2n) is 7.80. The molecule has 51 heavy (non-hydrogen) atoms. The van der Waals surface area contributed by atoms with E-state index in [2.05, 4.69) is 58.5 Å². The lowest BCUT2D eigenvalue weighted by Gasteiger charge is -2.17. The minimum Gasteiger partial charge on any atom is -0.400 e. The van der Waals surface area contributed by atoms with Gasteiger partial charge in [0.1, 0.15) is 0 Å². The molecule has 0 atom stereocenters. The first-order valence-electron chi connectivity index (χ1n) is 17.5. The van der Waals surface area contributed by atoms with Gasteiger partial charge >= 0.3 is 0 Å². The summed E-state index contributed by atoms with van der Waals surface area (Å²) >= 11 is 0. The first-order valence-corrected chi connectivity index (χ1v) is 20.9. The van der Waals surface area contributed by atoms with E-state index in [0.717, 1.165) is 19.1 Å². The molecule has 0 amide bonds. The first kappa shape index (κ1) is 69.7. The first-order chi connectivity index (χ1) is 24.2. The van der Waals surface area contributed by atoms with Crippen LogP contribution in [0.4, 0.5) is 5.69 Å². The maximum absolute atomic E-state index is 10.7. The van der Waals surface area contributed by atoms with Crippen molar-refractivity contribution in [2.75, 3.05) is 32.3 Å². The number of aryl methyl sites for hydroxylation is 4. The van der Waals surface area contributed by atoms with Gasteiger partial charge in [0.2, 0.25) is 0 Å². The molecule has 0 aliphatic rings. The zero-order valence-electron chi connectivity index (χ0n) is 35.8. The summed E-state index contributed by atoms with van der Waals surface area (Å²) in [7, 11) is -4.11. The van der Waals surface area contributed by atoms with Crippen molar-refractivity contribution in [3.63, 3.8) is 0 Å². The molecule has 0 saturated heterocycles. The normalized spacial score (nSPS) is 8.53. The molecule has 2 aromatic carbocycles. The Morgan fingerprint density at radius 1 is 0.725 bits per heavy atom. The number of aliphatic hydroxyl groups is 2. The van der Waals surface area contributed by atoms with Gasteiger partial charge in [-0.2, -0.15) is 8.42 Å². The van der Waals surface area contributed by atoms with Gasteiger partial charge < -0.3 is 15.5 Å². The van der Waals surface area contributed by atoms with Gasteiger partial charge in [-0.05, 0) is 80.5 Å². The zero-order valence-corrected chi connectivity index (χ0v) is 37.5. The fourth-order valence-corrected chi connectivity index (χ4v) is 3.80.